The summed E-state index contributed by atoms with van der Waals surface area (Å²) in [7, 11) is 0. The predicted octanol–water partition coefficient (Wildman–Crippen LogP) is 2.52. The van der Waals surface area contributed by atoms with Crippen LogP contribution in [-0.2, 0) is 4.79 Å². The van der Waals surface area contributed by atoms with Crippen LogP contribution in [0.3, 0.4) is 0 Å². The average Bonchev–Trinajstić information content (AvgIpc) is 2.85. The molecule has 1 heterocycles. The molecule has 1 aromatic carbocycles. The van der Waals surface area contributed by atoms with Gasteiger partial charge in [-0.2, -0.15) is 0 Å². The summed E-state index contributed by atoms with van der Waals surface area (Å²) >= 11 is 0. The third-order valence-corrected chi connectivity index (χ3v) is 3.95. The molecule has 130 valence electrons. The monoisotopic (exact) mass is 335 g/mol. The number of ether oxygens (including phenoxy) is 1. The number of nitrogens with one attached hydrogen (secondary N) is 2. The van der Waals surface area contributed by atoms with E-state index in [9.17, 15) is 19.7 Å². The smallest absolute Gasteiger partial charge is 0.315 e. The first-order chi connectivity index (χ1) is 11.5. The Morgan fingerprint density at radius 3 is 2.50 bits per heavy atom. The normalized spacial score (nSPS) is 19.5. The summed E-state index contributed by atoms with van der Waals surface area (Å²) in [4.78, 5) is 32.9. The second-order valence-electron chi connectivity index (χ2n) is 5.84. The first-order valence-corrected chi connectivity index (χ1v) is 7.98. The van der Waals surface area contributed by atoms with Gasteiger partial charge in [-0.15, -0.1) is 0 Å². The van der Waals surface area contributed by atoms with Crippen molar-refractivity contribution >= 4 is 17.7 Å². The molecule has 8 heteroatoms. The minimum absolute atomic E-state index is 0.0440. The molecule has 0 aliphatic carbocycles. The van der Waals surface area contributed by atoms with Gasteiger partial charge in [0.15, 0.2) is 0 Å². The zero-order chi connectivity index (χ0) is 17.5. The van der Waals surface area contributed by atoms with Crippen LogP contribution in [0.1, 0.15) is 39.0 Å². The van der Waals surface area contributed by atoms with E-state index in [2.05, 4.69) is 10.6 Å². The minimum atomic E-state index is -0.505. The van der Waals surface area contributed by atoms with Crippen molar-refractivity contribution in [3.8, 4) is 5.75 Å². The van der Waals surface area contributed by atoms with E-state index in [-0.39, 0.29) is 29.8 Å². The van der Waals surface area contributed by atoms with Gasteiger partial charge < -0.3 is 15.4 Å². The molecule has 0 bridgehead atoms. The first-order valence-electron chi connectivity index (χ1n) is 7.98. The number of benzene rings is 1. The molecule has 1 aliphatic rings. The molecule has 2 N–H and O–H groups in total. The quantitative estimate of drug-likeness (QED) is 0.249. The molecule has 0 aromatic heterocycles. The Hall–Kier alpha value is -2.64. The highest BCUT2D eigenvalue weighted by Crippen LogP contribution is 2.18. The number of urea groups is 1. The molecule has 1 saturated heterocycles. The third-order valence-electron chi connectivity index (χ3n) is 3.95. The number of carbonyl (C=O) groups excluding carboxylic acids is 2. The number of nitrogens with zero attached hydrogens (tertiary/aromatic N) is 1. The number of unbranched alkanes of at least 4 members (excludes halogenated alkanes) is 2. The molecule has 0 unspecified atom stereocenters. The van der Waals surface area contributed by atoms with Crippen molar-refractivity contribution in [3.63, 3.8) is 0 Å². The maximum absolute atomic E-state index is 11.7. The van der Waals surface area contributed by atoms with E-state index in [4.69, 9.17) is 4.74 Å². The van der Waals surface area contributed by atoms with Crippen LogP contribution in [0.15, 0.2) is 24.3 Å². The standard InChI is InChI=1S/C16H21N3O5/c1-11-14(18-16(21)17-11)5-3-2-4-6-15(20)24-13-9-7-12(8-10-13)19(22)23/h7-11,14H,2-6H2,1H3,(H2,17,18,21)/t11-,14+/m0/s1. The summed E-state index contributed by atoms with van der Waals surface area (Å²) in [5, 5.41) is 16.2. The highest BCUT2D eigenvalue weighted by molar-refractivity contribution is 5.77. The van der Waals surface area contributed by atoms with Crippen LogP contribution < -0.4 is 15.4 Å². The molecular formula is C16H21N3O5. The van der Waals surface area contributed by atoms with Crippen LogP contribution >= 0.6 is 0 Å². The Kier molecular flexibility index (Phi) is 6.11. The van der Waals surface area contributed by atoms with Crippen LogP contribution in [-0.4, -0.2) is 29.0 Å². The van der Waals surface area contributed by atoms with Crippen molar-refractivity contribution in [2.75, 3.05) is 0 Å². The Morgan fingerprint density at radius 2 is 1.92 bits per heavy atom. The van der Waals surface area contributed by atoms with E-state index >= 15 is 0 Å². The average molecular weight is 335 g/mol. The van der Waals surface area contributed by atoms with E-state index in [1.54, 1.807) is 0 Å². The highest BCUT2D eigenvalue weighted by Gasteiger charge is 2.26. The summed E-state index contributed by atoms with van der Waals surface area (Å²) in [6.07, 6.45) is 3.66. The van der Waals surface area contributed by atoms with E-state index in [0.717, 1.165) is 19.3 Å². The molecule has 0 spiro atoms. The van der Waals surface area contributed by atoms with Gasteiger partial charge in [-0.1, -0.05) is 12.8 Å². The summed E-state index contributed by atoms with van der Waals surface area (Å²) in [5.74, 6) is -0.0489. The van der Waals surface area contributed by atoms with Crippen molar-refractivity contribution < 1.29 is 19.2 Å². The van der Waals surface area contributed by atoms with Crippen molar-refractivity contribution in [1.29, 1.82) is 0 Å². The maximum atomic E-state index is 11.7. The number of hydrogen-bond donors (Lipinski definition) is 2. The fourth-order valence-corrected chi connectivity index (χ4v) is 2.59. The van der Waals surface area contributed by atoms with Crippen molar-refractivity contribution in [2.24, 2.45) is 0 Å². The molecule has 1 aromatic rings. The zero-order valence-electron chi connectivity index (χ0n) is 13.5. The molecule has 2 amide bonds. The highest BCUT2D eigenvalue weighted by atomic mass is 16.6. The summed E-state index contributed by atoms with van der Waals surface area (Å²) < 4.78 is 5.13. The number of nitro groups is 1. The summed E-state index contributed by atoms with van der Waals surface area (Å²) in [6, 6.07) is 5.57. The Balaban J connectivity index is 1.61. The number of rotatable bonds is 8. The third kappa shape index (κ3) is 5.22. The Morgan fingerprint density at radius 1 is 1.21 bits per heavy atom. The van der Waals surface area contributed by atoms with E-state index in [1.165, 1.54) is 24.3 Å². The molecular weight excluding hydrogens is 314 g/mol. The number of carbonyl (C=O) groups is 2. The van der Waals surface area contributed by atoms with Gasteiger partial charge in [0.25, 0.3) is 5.69 Å². The van der Waals surface area contributed by atoms with Crippen LogP contribution in [0.5, 0.6) is 5.75 Å². The van der Waals surface area contributed by atoms with E-state index in [0.29, 0.717) is 18.6 Å². The molecule has 8 nitrogen and oxygen atoms in total. The lowest BCUT2D eigenvalue weighted by atomic mass is 10.0. The number of amides is 2. The fraction of sp³-hybridized carbons (Fsp3) is 0.500. The van der Waals surface area contributed by atoms with Crippen LogP contribution in [0.2, 0.25) is 0 Å². The number of nitro benzene ring substituents is 1. The zero-order valence-corrected chi connectivity index (χ0v) is 13.5. The summed E-state index contributed by atoms with van der Waals surface area (Å²) in [5.41, 5.74) is -0.0440. The van der Waals surface area contributed by atoms with Crippen LogP contribution in [0.4, 0.5) is 10.5 Å². The van der Waals surface area contributed by atoms with Gasteiger partial charge in [0.1, 0.15) is 5.75 Å². The SMILES string of the molecule is C[C@@H]1NC(=O)N[C@@H]1CCCCCC(=O)Oc1ccc([N+](=O)[O-])cc1. The van der Waals surface area contributed by atoms with Gasteiger partial charge in [-0.25, -0.2) is 4.79 Å². The van der Waals surface area contributed by atoms with Gasteiger partial charge in [0, 0.05) is 24.6 Å². The van der Waals surface area contributed by atoms with Gasteiger partial charge in [0.05, 0.1) is 11.0 Å². The van der Waals surface area contributed by atoms with Crippen molar-refractivity contribution in [1.82, 2.24) is 10.6 Å². The molecule has 1 aliphatic heterocycles. The molecule has 24 heavy (non-hydrogen) atoms. The summed E-state index contributed by atoms with van der Waals surface area (Å²) in [6.45, 7) is 1.96. The fourth-order valence-electron chi connectivity index (χ4n) is 2.59. The number of esters is 1. The first kappa shape index (κ1) is 17.7. The Bertz CT molecular complexity index is 602. The predicted molar refractivity (Wildman–Crippen MR) is 86.7 cm³/mol. The second-order valence-corrected chi connectivity index (χ2v) is 5.84. The lowest BCUT2D eigenvalue weighted by molar-refractivity contribution is -0.384. The van der Waals surface area contributed by atoms with Gasteiger partial charge in [0.2, 0.25) is 0 Å². The molecule has 2 atom stereocenters. The van der Waals surface area contributed by atoms with Crippen LogP contribution in [0, 0.1) is 10.1 Å². The molecule has 1 fully saturated rings. The molecule has 0 radical (unpaired) electrons. The maximum Gasteiger partial charge on any atom is 0.315 e. The topological polar surface area (TPSA) is 111 Å². The second kappa shape index (κ2) is 8.28. The minimum Gasteiger partial charge on any atom is -0.427 e. The Labute approximate surface area is 139 Å². The van der Waals surface area contributed by atoms with Gasteiger partial charge >= 0.3 is 12.0 Å². The lowest BCUT2D eigenvalue weighted by Gasteiger charge is -2.13. The van der Waals surface area contributed by atoms with E-state index < -0.39 is 4.92 Å². The largest absolute Gasteiger partial charge is 0.427 e. The molecule has 2 rings (SSSR count). The lowest BCUT2D eigenvalue weighted by Crippen LogP contribution is -2.30. The van der Waals surface area contributed by atoms with Crippen molar-refractivity contribution in [2.45, 2.75) is 51.1 Å². The van der Waals surface area contributed by atoms with E-state index in [1.807, 2.05) is 6.92 Å². The van der Waals surface area contributed by atoms with Gasteiger partial charge in [-0.3, -0.25) is 14.9 Å². The van der Waals surface area contributed by atoms with Gasteiger partial charge in [-0.05, 0) is 31.9 Å². The molecule has 0 saturated carbocycles. The number of hydrogen-bond acceptors (Lipinski definition) is 5. The van der Waals surface area contributed by atoms with Crippen molar-refractivity contribution in [3.05, 3.63) is 34.4 Å². The number of non-ortho nitro benzene ring substituents is 1. The van der Waals surface area contributed by atoms with Crippen LogP contribution in [0.25, 0.3) is 0 Å².